The molecule has 0 spiro atoms. The fourth-order valence-corrected chi connectivity index (χ4v) is 2.39. The van der Waals surface area contributed by atoms with Crippen LogP contribution in [0.3, 0.4) is 0 Å². The van der Waals surface area contributed by atoms with Crippen molar-refractivity contribution in [3.05, 3.63) is 35.4 Å². The van der Waals surface area contributed by atoms with Gasteiger partial charge in [-0.2, -0.15) is 0 Å². The predicted molar refractivity (Wildman–Crippen MR) is 74.0 cm³/mol. The van der Waals surface area contributed by atoms with Gasteiger partial charge in [0, 0.05) is 6.04 Å². The lowest BCUT2D eigenvalue weighted by Gasteiger charge is -2.31. The summed E-state index contributed by atoms with van der Waals surface area (Å²) in [6, 6.07) is 9.17. The minimum atomic E-state index is 0.142. The molecular weight excluding hydrogens is 206 g/mol. The maximum Gasteiger partial charge on any atom is 0.0346 e. The van der Waals surface area contributed by atoms with E-state index in [1.54, 1.807) is 0 Å². The minimum absolute atomic E-state index is 0.142. The number of hydrogen-bond donors (Lipinski definition) is 1. The molecule has 1 nitrogen and oxygen atoms in total. The van der Waals surface area contributed by atoms with Gasteiger partial charge in [0.2, 0.25) is 0 Å². The lowest BCUT2D eigenvalue weighted by Crippen LogP contribution is -2.28. The van der Waals surface area contributed by atoms with Gasteiger partial charge in [-0.05, 0) is 41.7 Å². The van der Waals surface area contributed by atoms with Crippen LogP contribution in [0.1, 0.15) is 69.5 Å². The summed E-state index contributed by atoms with van der Waals surface area (Å²) in [7, 11) is 0. The first-order chi connectivity index (χ1) is 8.04. The molecule has 1 aromatic carbocycles. The van der Waals surface area contributed by atoms with E-state index in [1.807, 2.05) is 0 Å². The highest BCUT2D eigenvalue weighted by molar-refractivity contribution is 5.29. The number of hydrogen-bond acceptors (Lipinski definition) is 1. The van der Waals surface area contributed by atoms with Gasteiger partial charge in [0.15, 0.2) is 0 Å². The molecule has 1 fully saturated rings. The van der Waals surface area contributed by atoms with Gasteiger partial charge >= 0.3 is 0 Å². The van der Waals surface area contributed by atoms with Crippen molar-refractivity contribution >= 4 is 0 Å². The molecule has 0 aliphatic heterocycles. The van der Waals surface area contributed by atoms with Crippen molar-refractivity contribution in [1.29, 1.82) is 0 Å². The molecule has 0 amide bonds. The highest BCUT2D eigenvalue weighted by Crippen LogP contribution is 2.38. The van der Waals surface area contributed by atoms with E-state index < -0.39 is 0 Å². The molecule has 0 heterocycles. The summed E-state index contributed by atoms with van der Waals surface area (Å²) >= 11 is 0. The Hall–Kier alpha value is -0.820. The topological polar surface area (TPSA) is 26.0 Å². The van der Waals surface area contributed by atoms with Gasteiger partial charge in [0.25, 0.3) is 0 Å². The Labute approximate surface area is 105 Å². The fourth-order valence-electron chi connectivity index (χ4n) is 2.39. The van der Waals surface area contributed by atoms with E-state index in [2.05, 4.69) is 45.0 Å². The monoisotopic (exact) mass is 231 g/mol. The van der Waals surface area contributed by atoms with Crippen LogP contribution in [0.2, 0.25) is 0 Å². The van der Waals surface area contributed by atoms with E-state index in [4.69, 9.17) is 5.73 Å². The average molecular weight is 231 g/mol. The molecular formula is C16H25N. The molecule has 1 atom stereocenters. The Morgan fingerprint density at radius 1 is 1.24 bits per heavy atom. The van der Waals surface area contributed by atoms with Gasteiger partial charge in [0.1, 0.15) is 0 Å². The van der Waals surface area contributed by atoms with Gasteiger partial charge in [-0.25, -0.2) is 0 Å². The zero-order valence-electron chi connectivity index (χ0n) is 11.4. The van der Waals surface area contributed by atoms with E-state index >= 15 is 0 Å². The summed E-state index contributed by atoms with van der Waals surface area (Å²) in [5.41, 5.74) is 9.31. The maximum atomic E-state index is 6.36. The molecule has 2 rings (SSSR count). The van der Waals surface area contributed by atoms with Gasteiger partial charge in [0.05, 0.1) is 0 Å². The highest BCUT2D eigenvalue weighted by Gasteiger charge is 2.26. The second-order valence-corrected chi connectivity index (χ2v) is 6.11. The van der Waals surface area contributed by atoms with Crippen molar-refractivity contribution in [2.45, 2.75) is 58.4 Å². The minimum Gasteiger partial charge on any atom is -0.324 e. The van der Waals surface area contributed by atoms with Crippen molar-refractivity contribution in [2.75, 3.05) is 0 Å². The number of benzene rings is 1. The van der Waals surface area contributed by atoms with Gasteiger partial charge in [-0.1, -0.05) is 51.5 Å². The van der Waals surface area contributed by atoms with E-state index in [1.165, 1.54) is 30.4 Å². The number of rotatable bonds is 4. The average Bonchev–Trinajstić information content (AvgIpc) is 2.27. The summed E-state index contributed by atoms with van der Waals surface area (Å²) in [5.74, 6) is 0.819. The molecule has 0 radical (unpaired) electrons. The zero-order chi connectivity index (χ0) is 12.5. The van der Waals surface area contributed by atoms with E-state index in [0.717, 1.165) is 12.3 Å². The molecule has 1 aliphatic rings. The Balaban J connectivity index is 2.11. The Morgan fingerprint density at radius 3 is 2.24 bits per heavy atom. The lowest BCUT2D eigenvalue weighted by molar-refractivity contribution is 0.278. The number of nitrogens with two attached hydrogens (primary N) is 1. The SMILES string of the molecule is CCC(C)(C)C(N)c1ccc(C2CCC2)cc1. The molecule has 1 aliphatic carbocycles. The van der Waals surface area contributed by atoms with Crippen LogP contribution in [0.15, 0.2) is 24.3 Å². The lowest BCUT2D eigenvalue weighted by atomic mass is 9.77. The third-order valence-corrected chi connectivity index (χ3v) is 4.63. The third-order valence-electron chi connectivity index (χ3n) is 4.63. The van der Waals surface area contributed by atoms with Crippen molar-refractivity contribution in [1.82, 2.24) is 0 Å². The predicted octanol–water partition coefficient (Wildman–Crippen LogP) is 4.39. The molecule has 1 aromatic rings. The van der Waals surface area contributed by atoms with Crippen LogP contribution in [0.25, 0.3) is 0 Å². The van der Waals surface area contributed by atoms with E-state index in [0.29, 0.717) is 0 Å². The maximum absolute atomic E-state index is 6.36. The van der Waals surface area contributed by atoms with Gasteiger partial charge < -0.3 is 5.73 Å². The van der Waals surface area contributed by atoms with Crippen LogP contribution >= 0.6 is 0 Å². The second-order valence-electron chi connectivity index (χ2n) is 6.11. The van der Waals surface area contributed by atoms with Crippen molar-refractivity contribution in [2.24, 2.45) is 11.1 Å². The molecule has 0 saturated heterocycles. The first-order valence-electron chi connectivity index (χ1n) is 6.90. The van der Waals surface area contributed by atoms with Crippen LogP contribution in [0.4, 0.5) is 0 Å². The molecule has 17 heavy (non-hydrogen) atoms. The summed E-state index contributed by atoms with van der Waals surface area (Å²) in [6.45, 7) is 6.71. The van der Waals surface area contributed by atoms with Crippen molar-refractivity contribution in [3.8, 4) is 0 Å². The van der Waals surface area contributed by atoms with Crippen molar-refractivity contribution in [3.63, 3.8) is 0 Å². The second kappa shape index (κ2) is 4.81. The first-order valence-corrected chi connectivity index (χ1v) is 6.90. The zero-order valence-corrected chi connectivity index (χ0v) is 11.4. The Bertz CT molecular complexity index is 360. The van der Waals surface area contributed by atoms with Gasteiger partial charge in [-0.15, -0.1) is 0 Å². The fraction of sp³-hybridized carbons (Fsp3) is 0.625. The summed E-state index contributed by atoms with van der Waals surface area (Å²) in [5, 5.41) is 0. The van der Waals surface area contributed by atoms with Crippen LogP contribution in [0, 0.1) is 5.41 Å². The molecule has 1 heteroatoms. The summed E-state index contributed by atoms with van der Waals surface area (Å²) in [4.78, 5) is 0. The first kappa shape index (κ1) is 12.6. The standard InChI is InChI=1S/C16H25N/c1-4-16(2,3)15(17)14-10-8-13(9-11-14)12-6-5-7-12/h8-12,15H,4-7,17H2,1-3H3. The third kappa shape index (κ3) is 2.55. The van der Waals surface area contributed by atoms with Crippen molar-refractivity contribution < 1.29 is 0 Å². The molecule has 94 valence electrons. The molecule has 1 unspecified atom stereocenters. The molecule has 0 bridgehead atoms. The summed E-state index contributed by atoms with van der Waals surface area (Å²) in [6.07, 6.45) is 5.24. The smallest absolute Gasteiger partial charge is 0.0346 e. The largest absolute Gasteiger partial charge is 0.324 e. The van der Waals surface area contributed by atoms with Crippen LogP contribution in [0.5, 0.6) is 0 Å². The van der Waals surface area contributed by atoms with Crippen LogP contribution in [-0.2, 0) is 0 Å². The normalized spacial score (nSPS) is 18.8. The summed E-state index contributed by atoms with van der Waals surface area (Å²) < 4.78 is 0. The molecule has 2 N–H and O–H groups in total. The van der Waals surface area contributed by atoms with Crippen LogP contribution < -0.4 is 5.73 Å². The quantitative estimate of drug-likeness (QED) is 0.817. The van der Waals surface area contributed by atoms with Gasteiger partial charge in [-0.3, -0.25) is 0 Å². The molecule has 0 aromatic heterocycles. The van der Waals surface area contributed by atoms with Crippen LogP contribution in [-0.4, -0.2) is 0 Å². The molecule has 1 saturated carbocycles. The Kier molecular flexibility index (Phi) is 3.58. The van der Waals surface area contributed by atoms with E-state index in [9.17, 15) is 0 Å². The highest BCUT2D eigenvalue weighted by atomic mass is 14.7. The Morgan fingerprint density at radius 2 is 1.82 bits per heavy atom. The van der Waals surface area contributed by atoms with E-state index in [-0.39, 0.29) is 11.5 Å².